The minimum absolute atomic E-state index is 0.658. The molecule has 1 N–H and O–H groups in total. The topological polar surface area (TPSA) is 37.8 Å². The fraction of sp³-hybridized carbons (Fsp3) is 0.111. The molecule has 2 heterocycles. The van der Waals surface area contributed by atoms with Gasteiger partial charge >= 0.3 is 0 Å². The van der Waals surface area contributed by atoms with Crippen LogP contribution in [0.2, 0.25) is 0 Å². The molecule has 2 aromatic rings. The molecule has 2 rings (SSSR count). The number of anilines is 1. The molecule has 0 fully saturated rings. The van der Waals surface area contributed by atoms with E-state index in [2.05, 4.69) is 37.3 Å². The number of hydrogen-bond donors (Lipinski definition) is 1. The maximum absolute atomic E-state index is 4.07. The highest BCUT2D eigenvalue weighted by Gasteiger charge is 2.00. The summed E-state index contributed by atoms with van der Waals surface area (Å²) in [5, 5.41) is 5.19. The molecule has 14 heavy (non-hydrogen) atoms. The van der Waals surface area contributed by atoms with Crippen LogP contribution < -0.4 is 5.32 Å². The molecule has 0 aliphatic rings. The number of nitrogens with zero attached hydrogens (tertiary/aromatic N) is 2. The van der Waals surface area contributed by atoms with Crippen LogP contribution in [0.3, 0.4) is 0 Å². The van der Waals surface area contributed by atoms with Gasteiger partial charge in [0.15, 0.2) is 0 Å². The Balaban J connectivity index is 1.99. The van der Waals surface area contributed by atoms with Gasteiger partial charge in [-0.3, -0.25) is 0 Å². The van der Waals surface area contributed by atoms with E-state index in [0.29, 0.717) is 5.95 Å². The van der Waals surface area contributed by atoms with Crippen molar-refractivity contribution >= 4 is 33.2 Å². The van der Waals surface area contributed by atoms with Crippen LogP contribution in [0.5, 0.6) is 0 Å². The summed E-state index contributed by atoms with van der Waals surface area (Å²) in [6.45, 7) is 0.744. The molecule has 3 nitrogen and oxygen atoms in total. The average molecular weight is 270 g/mol. The third-order valence-corrected chi connectivity index (χ3v) is 3.51. The molecule has 0 aromatic carbocycles. The van der Waals surface area contributed by atoms with Crippen LogP contribution in [-0.4, -0.2) is 9.97 Å². The van der Waals surface area contributed by atoms with E-state index in [1.807, 2.05) is 5.38 Å². The number of thiophene rings is 1. The Labute approximate surface area is 94.4 Å². The first kappa shape index (κ1) is 9.61. The van der Waals surface area contributed by atoms with Crippen molar-refractivity contribution in [3.05, 3.63) is 39.3 Å². The number of rotatable bonds is 3. The molecular formula is C9H8BrN3S. The lowest BCUT2D eigenvalue weighted by atomic mass is 10.3. The number of nitrogens with one attached hydrogen (secondary N) is 1. The van der Waals surface area contributed by atoms with Gasteiger partial charge in [-0.2, -0.15) is 0 Å². The van der Waals surface area contributed by atoms with E-state index >= 15 is 0 Å². The fourth-order valence-electron chi connectivity index (χ4n) is 1.01. The minimum Gasteiger partial charge on any atom is -0.350 e. The van der Waals surface area contributed by atoms with Gasteiger partial charge < -0.3 is 5.32 Å². The summed E-state index contributed by atoms with van der Waals surface area (Å²) in [4.78, 5) is 8.15. The van der Waals surface area contributed by atoms with Crippen molar-refractivity contribution in [1.29, 1.82) is 0 Å². The number of hydrogen-bond acceptors (Lipinski definition) is 4. The highest BCUT2D eigenvalue weighted by Crippen LogP contribution is 2.23. The molecular weight excluding hydrogens is 262 g/mol. The molecule has 72 valence electrons. The fourth-order valence-corrected chi connectivity index (χ4v) is 2.25. The standard InChI is InChI=1S/C9H8BrN3S/c10-8-7(2-5-14-8)6-13-9-11-3-1-4-12-9/h1-5H,6H2,(H,11,12,13). The second-order valence-electron chi connectivity index (χ2n) is 2.65. The first-order chi connectivity index (χ1) is 6.86. The SMILES string of the molecule is Brc1sccc1CNc1ncccn1. The lowest BCUT2D eigenvalue weighted by molar-refractivity contribution is 1.06. The third-order valence-electron chi connectivity index (χ3n) is 1.70. The third kappa shape index (κ3) is 2.30. The van der Waals surface area contributed by atoms with Crippen LogP contribution in [0.1, 0.15) is 5.56 Å². The maximum atomic E-state index is 4.07. The average Bonchev–Trinajstić information content (AvgIpc) is 2.63. The van der Waals surface area contributed by atoms with Gasteiger partial charge in [0.25, 0.3) is 0 Å². The van der Waals surface area contributed by atoms with Crippen LogP contribution in [0.4, 0.5) is 5.95 Å². The maximum Gasteiger partial charge on any atom is 0.222 e. The van der Waals surface area contributed by atoms with Gasteiger partial charge in [0.1, 0.15) is 0 Å². The molecule has 0 amide bonds. The van der Waals surface area contributed by atoms with E-state index in [1.165, 1.54) is 5.56 Å². The number of halogens is 1. The Morgan fingerprint density at radius 1 is 1.36 bits per heavy atom. The molecule has 5 heteroatoms. The van der Waals surface area contributed by atoms with Crippen molar-refractivity contribution in [2.75, 3.05) is 5.32 Å². The molecule has 0 aliphatic heterocycles. The predicted molar refractivity (Wildman–Crippen MR) is 61.4 cm³/mol. The van der Waals surface area contributed by atoms with Gasteiger partial charge in [-0.05, 0) is 39.0 Å². The molecule has 0 saturated heterocycles. The van der Waals surface area contributed by atoms with E-state index in [0.717, 1.165) is 10.3 Å². The lowest BCUT2D eigenvalue weighted by Gasteiger charge is -2.02. The summed E-state index contributed by atoms with van der Waals surface area (Å²) in [6.07, 6.45) is 3.44. The van der Waals surface area contributed by atoms with E-state index < -0.39 is 0 Å². The molecule has 0 spiro atoms. The summed E-state index contributed by atoms with van der Waals surface area (Å²) < 4.78 is 1.15. The van der Waals surface area contributed by atoms with Crippen molar-refractivity contribution in [1.82, 2.24) is 9.97 Å². The van der Waals surface area contributed by atoms with Gasteiger partial charge in [0.2, 0.25) is 5.95 Å². The van der Waals surface area contributed by atoms with Gasteiger partial charge in [-0.15, -0.1) is 11.3 Å². The first-order valence-corrected chi connectivity index (χ1v) is 5.76. The zero-order valence-electron chi connectivity index (χ0n) is 7.27. The highest BCUT2D eigenvalue weighted by atomic mass is 79.9. The largest absolute Gasteiger partial charge is 0.350 e. The highest BCUT2D eigenvalue weighted by molar-refractivity contribution is 9.11. The zero-order valence-corrected chi connectivity index (χ0v) is 9.68. The Morgan fingerprint density at radius 2 is 2.14 bits per heavy atom. The van der Waals surface area contributed by atoms with Crippen LogP contribution in [0, 0.1) is 0 Å². The van der Waals surface area contributed by atoms with Crippen LogP contribution >= 0.6 is 27.3 Å². The van der Waals surface area contributed by atoms with E-state index in [9.17, 15) is 0 Å². The van der Waals surface area contributed by atoms with E-state index in [-0.39, 0.29) is 0 Å². The van der Waals surface area contributed by atoms with E-state index in [1.54, 1.807) is 29.8 Å². The van der Waals surface area contributed by atoms with Crippen molar-refractivity contribution in [3.8, 4) is 0 Å². The van der Waals surface area contributed by atoms with Gasteiger partial charge in [0.05, 0.1) is 3.79 Å². The Morgan fingerprint density at radius 3 is 2.79 bits per heavy atom. The van der Waals surface area contributed by atoms with Crippen molar-refractivity contribution in [2.45, 2.75) is 6.54 Å². The second-order valence-corrected chi connectivity index (χ2v) is 4.88. The predicted octanol–water partition coefficient (Wildman–Crippen LogP) is 2.91. The summed E-state index contributed by atoms with van der Waals surface area (Å²) in [7, 11) is 0. The summed E-state index contributed by atoms with van der Waals surface area (Å²) in [5.74, 6) is 0.658. The van der Waals surface area contributed by atoms with Crippen molar-refractivity contribution in [2.24, 2.45) is 0 Å². The quantitative estimate of drug-likeness (QED) is 0.931. The number of aromatic nitrogens is 2. The van der Waals surface area contributed by atoms with Crippen molar-refractivity contribution in [3.63, 3.8) is 0 Å². The van der Waals surface area contributed by atoms with E-state index in [4.69, 9.17) is 0 Å². The normalized spacial score (nSPS) is 10.1. The Hall–Kier alpha value is -0.940. The van der Waals surface area contributed by atoms with Crippen LogP contribution in [0.15, 0.2) is 33.7 Å². The zero-order chi connectivity index (χ0) is 9.80. The molecule has 0 unspecified atom stereocenters. The summed E-state index contributed by atoms with van der Waals surface area (Å²) in [5.41, 5.74) is 1.22. The molecule has 0 aliphatic carbocycles. The summed E-state index contributed by atoms with van der Waals surface area (Å²) in [6, 6.07) is 3.87. The van der Waals surface area contributed by atoms with Gasteiger partial charge in [0, 0.05) is 18.9 Å². The first-order valence-electron chi connectivity index (χ1n) is 4.09. The minimum atomic E-state index is 0.658. The van der Waals surface area contributed by atoms with Crippen molar-refractivity contribution < 1.29 is 0 Å². The van der Waals surface area contributed by atoms with Crippen LogP contribution in [-0.2, 0) is 6.54 Å². The smallest absolute Gasteiger partial charge is 0.222 e. The summed E-state index contributed by atoms with van der Waals surface area (Å²) >= 11 is 5.15. The molecule has 2 aromatic heterocycles. The molecule has 0 atom stereocenters. The monoisotopic (exact) mass is 269 g/mol. The van der Waals surface area contributed by atoms with Gasteiger partial charge in [-0.25, -0.2) is 9.97 Å². The van der Waals surface area contributed by atoms with Crippen LogP contribution in [0.25, 0.3) is 0 Å². The van der Waals surface area contributed by atoms with Gasteiger partial charge in [-0.1, -0.05) is 0 Å². The Kier molecular flexibility index (Phi) is 3.10. The molecule has 0 bridgehead atoms. The Bertz CT molecular complexity index is 401. The molecule has 0 saturated carbocycles. The molecule has 0 radical (unpaired) electrons. The second kappa shape index (κ2) is 4.52. The lowest BCUT2D eigenvalue weighted by Crippen LogP contribution is -2.02.